The summed E-state index contributed by atoms with van der Waals surface area (Å²) in [6.07, 6.45) is 0. The lowest BCUT2D eigenvalue weighted by Gasteiger charge is -2.01. The molecule has 0 N–H and O–H groups in total. The fraction of sp³-hybridized carbons (Fsp3) is 0.150. The number of fused-ring (bicyclic) bond motifs is 1. The summed E-state index contributed by atoms with van der Waals surface area (Å²) in [6.45, 7) is 1.98. The minimum atomic E-state index is -0.371. The Morgan fingerprint density at radius 3 is 2.56 bits per heavy atom. The first-order valence-corrected chi connectivity index (χ1v) is 9.91. The molecule has 0 aliphatic rings. The van der Waals surface area contributed by atoms with Crippen LogP contribution in [0.5, 0.6) is 5.75 Å². The van der Waals surface area contributed by atoms with Crippen LogP contribution in [0.15, 0.2) is 48.5 Å². The molecular weight excluding hydrogens is 380 g/mol. The Labute approximate surface area is 164 Å². The topological polar surface area (TPSA) is 61.3 Å². The first kappa shape index (κ1) is 17.6. The van der Waals surface area contributed by atoms with Crippen LogP contribution in [0, 0.1) is 6.92 Å². The molecule has 4 aromatic rings. The number of rotatable bonds is 5. The lowest BCUT2D eigenvalue weighted by molar-refractivity contribution is 0.0477. The highest BCUT2D eigenvalue weighted by atomic mass is 32.1. The van der Waals surface area contributed by atoms with Crippen molar-refractivity contribution in [3.63, 3.8) is 0 Å². The third-order valence-electron chi connectivity index (χ3n) is 3.98. The number of hydrogen-bond acceptors (Lipinski definition) is 7. The van der Waals surface area contributed by atoms with Crippen molar-refractivity contribution in [1.29, 1.82) is 0 Å². The zero-order chi connectivity index (χ0) is 18.8. The summed E-state index contributed by atoms with van der Waals surface area (Å²) in [5.74, 6) is 0.409. The van der Waals surface area contributed by atoms with Gasteiger partial charge in [0.2, 0.25) is 0 Å². The number of aromatic nitrogens is 2. The first-order valence-electron chi connectivity index (χ1n) is 8.27. The zero-order valence-corrected chi connectivity index (χ0v) is 16.4. The summed E-state index contributed by atoms with van der Waals surface area (Å²) in [6, 6.07) is 15.5. The standard InChI is InChI=1S/C20H16N2O3S2/c1-12-18(27-19(21-12)13-7-9-14(24-2)10-8-13)20(23)25-11-17-22-15-5-3-4-6-16(15)26-17/h3-10H,11H2,1-2H3. The monoisotopic (exact) mass is 396 g/mol. The molecular formula is C20H16N2O3S2. The summed E-state index contributed by atoms with van der Waals surface area (Å²) >= 11 is 2.86. The van der Waals surface area contributed by atoms with E-state index in [0.29, 0.717) is 10.6 Å². The van der Waals surface area contributed by atoms with Crippen LogP contribution in [-0.2, 0) is 11.3 Å². The quantitative estimate of drug-likeness (QED) is 0.440. The Morgan fingerprint density at radius 2 is 1.81 bits per heavy atom. The van der Waals surface area contributed by atoms with Crippen LogP contribution in [0.25, 0.3) is 20.8 Å². The Bertz CT molecular complexity index is 1070. The number of hydrogen-bond donors (Lipinski definition) is 0. The molecule has 0 radical (unpaired) electrons. The van der Waals surface area contributed by atoms with Crippen LogP contribution in [-0.4, -0.2) is 23.0 Å². The molecule has 5 nitrogen and oxygen atoms in total. The second-order valence-corrected chi connectivity index (χ2v) is 7.93. The van der Waals surface area contributed by atoms with Crippen molar-refractivity contribution in [2.45, 2.75) is 13.5 Å². The summed E-state index contributed by atoms with van der Waals surface area (Å²) in [7, 11) is 1.63. The van der Waals surface area contributed by atoms with Gasteiger partial charge < -0.3 is 9.47 Å². The Morgan fingerprint density at radius 1 is 1.04 bits per heavy atom. The molecule has 0 saturated carbocycles. The molecule has 0 fully saturated rings. The van der Waals surface area contributed by atoms with Gasteiger partial charge in [0.15, 0.2) is 0 Å². The number of thiazole rings is 2. The van der Waals surface area contributed by atoms with Gasteiger partial charge in [0, 0.05) is 5.56 Å². The average Bonchev–Trinajstić information content (AvgIpc) is 3.29. The summed E-state index contributed by atoms with van der Waals surface area (Å²) in [5.41, 5.74) is 2.53. The second kappa shape index (κ2) is 7.46. The van der Waals surface area contributed by atoms with Crippen molar-refractivity contribution >= 4 is 38.9 Å². The fourth-order valence-electron chi connectivity index (χ4n) is 2.62. The highest BCUT2D eigenvalue weighted by molar-refractivity contribution is 7.18. The summed E-state index contributed by atoms with van der Waals surface area (Å²) in [5, 5.41) is 1.56. The van der Waals surface area contributed by atoms with Gasteiger partial charge in [-0.05, 0) is 43.3 Å². The van der Waals surface area contributed by atoms with E-state index in [4.69, 9.17) is 9.47 Å². The molecule has 0 spiro atoms. The van der Waals surface area contributed by atoms with E-state index in [2.05, 4.69) is 9.97 Å². The molecule has 136 valence electrons. The van der Waals surface area contributed by atoms with Crippen LogP contribution in [0.3, 0.4) is 0 Å². The molecule has 0 amide bonds. The molecule has 2 aromatic heterocycles. The highest BCUT2D eigenvalue weighted by Gasteiger charge is 2.18. The number of carbonyl (C=O) groups excluding carboxylic acids is 1. The number of benzene rings is 2. The van der Waals surface area contributed by atoms with Crippen LogP contribution < -0.4 is 4.74 Å². The molecule has 0 saturated heterocycles. The molecule has 0 bridgehead atoms. The Hall–Kier alpha value is -2.77. The number of esters is 1. The molecule has 7 heteroatoms. The maximum atomic E-state index is 12.5. The van der Waals surface area contributed by atoms with Crippen LogP contribution in [0.2, 0.25) is 0 Å². The first-order chi connectivity index (χ1) is 13.1. The smallest absolute Gasteiger partial charge is 0.350 e. The van der Waals surface area contributed by atoms with E-state index >= 15 is 0 Å². The van der Waals surface area contributed by atoms with E-state index in [1.54, 1.807) is 7.11 Å². The van der Waals surface area contributed by atoms with Gasteiger partial charge >= 0.3 is 5.97 Å². The highest BCUT2D eigenvalue weighted by Crippen LogP contribution is 2.30. The number of ether oxygens (including phenoxy) is 2. The molecule has 0 atom stereocenters. The Balaban J connectivity index is 1.49. The number of methoxy groups -OCH3 is 1. The third kappa shape index (κ3) is 3.70. The van der Waals surface area contributed by atoms with Gasteiger partial charge in [-0.1, -0.05) is 12.1 Å². The number of nitrogens with zero attached hydrogens (tertiary/aromatic N) is 2. The zero-order valence-electron chi connectivity index (χ0n) is 14.8. The lowest BCUT2D eigenvalue weighted by atomic mass is 10.2. The Kier molecular flexibility index (Phi) is 4.87. The molecule has 2 aromatic carbocycles. The maximum Gasteiger partial charge on any atom is 0.350 e. The predicted octanol–water partition coefficient (Wildman–Crippen LogP) is 5.09. The van der Waals surface area contributed by atoms with Crippen LogP contribution in [0.1, 0.15) is 20.4 Å². The molecule has 27 heavy (non-hydrogen) atoms. The summed E-state index contributed by atoms with van der Waals surface area (Å²) < 4.78 is 11.7. The third-order valence-corrected chi connectivity index (χ3v) is 6.18. The van der Waals surface area contributed by atoms with Crippen molar-refractivity contribution in [2.75, 3.05) is 7.11 Å². The van der Waals surface area contributed by atoms with Gasteiger partial charge in [-0.3, -0.25) is 0 Å². The fourth-order valence-corrected chi connectivity index (χ4v) is 4.46. The van der Waals surface area contributed by atoms with E-state index < -0.39 is 0 Å². The molecule has 0 unspecified atom stereocenters. The van der Waals surface area contributed by atoms with Crippen molar-refractivity contribution in [3.05, 3.63) is 64.1 Å². The predicted molar refractivity (Wildman–Crippen MR) is 108 cm³/mol. The summed E-state index contributed by atoms with van der Waals surface area (Å²) in [4.78, 5) is 22.0. The van der Waals surface area contributed by atoms with Crippen LogP contribution >= 0.6 is 22.7 Å². The van der Waals surface area contributed by atoms with Gasteiger partial charge in [0.1, 0.15) is 27.2 Å². The van der Waals surface area contributed by atoms with Crippen LogP contribution in [0.4, 0.5) is 0 Å². The van der Waals surface area contributed by atoms with Crippen molar-refractivity contribution < 1.29 is 14.3 Å². The number of carbonyl (C=O) groups is 1. The number of aryl methyl sites for hydroxylation is 1. The minimum absolute atomic E-state index is 0.160. The average molecular weight is 396 g/mol. The van der Waals surface area contributed by atoms with Gasteiger partial charge in [-0.15, -0.1) is 22.7 Å². The molecule has 4 rings (SSSR count). The van der Waals surface area contributed by atoms with Crippen molar-refractivity contribution in [1.82, 2.24) is 9.97 Å². The van der Waals surface area contributed by atoms with E-state index in [0.717, 1.165) is 31.5 Å². The molecule has 0 aliphatic heterocycles. The maximum absolute atomic E-state index is 12.5. The minimum Gasteiger partial charge on any atom is -0.497 e. The lowest BCUT2D eigenvalue weighted by Crippen LogP contribution is -2.04. The normalized spacial score (nSPS) is 10.9. The van der Waals surface area contributed by atoms with Crippen molar-refractivity contribution in [3.8, 4) is 16.3 Å². The van der Waals surface area contributed by atoms with Gasteiger partial charge in [0.25, 0.3) is 0 Å². The van der Waals surface area contributed by atoms with Gasteiger partial charge in [-0.2, -0.15) is 0 Å². The van der Waals surface area contributed by atoms with Gasteiger partial charge in [0.05, 0.1) is 23.0 Å². The molecule has 0 aliphatic carbocycles. The van der Waals surface area contributed by atoms with E-state index in [1.807, 2.05) is 55.5 Å². The van der Waals surface area contributed by atoms with E-state index in [-0.39, 0.29) is 12.6 Å². The van der Waals surface area contributed by atoms with E-state index in [1.165, 1.54) is 22.7 Å². The van der Waals surface area contributed by atoms with E-state index in [9.17, 15) is 4.79 Å². The largest absolute Gasteiger partial charge is 0.497 e. The second-order valence-electron chi connectivity index (χ2n) is 5.81. The van der Waals surface area contributed by atoms with Crippen molar-refractivity contribution in [2.24, 2.45) is 0 Å². The SMILES string of the molecule is COc1ccc(-c2nc(C)c(C(=O)OCc3nc4ccccc4s3)s2)cc1. The molecule has 2 heterocycles. The van der Waals surface area contributed by atoms with Gasteiger partial charge in [-0.25, -0.2) is 14.8 Å². The number of para-hydroxylation sites is 1.